The van der Waals surface area contributed by atoms with E-state index >= 15 is 0 Å². The summed E-state index contributed by atoms with van der Waals surface area (Å²) in [5.74, 6) is 0. The predicted molar refractivity (Wildman–Crippen MR) is 40.6 cm³/mol. The topological polar surface area (TPSA) is 29.4 Å². The first-order valence-corrected chi connectivity index (χ1v) is 4.16. The molecule has 9 heavy (non-hydrogen) atoms. The molecular weight excluding hydrogens is 134 g/mol. The zero-order valence-corrected chi connectivity index (χ0v) is 6.57. The molecule has 0 spiro atoms. The van der Waals surface area contributed by atoms with Crippen molar-refractivity contribution in [2.24, 2.45) is 4.99 Å². The number of thioether (sulfide) groups is 1. The van der Waals surface area contributed by atoms with Crippen molar-refractivity contribution in [3.8, 4) is 0 Å². The molecular formula is C6H11NOS. The Morgan fingerprint density at radius 2 is 2.44 bits per heavy atom. The summed E-state index contributed by atoms with van der Waals surface area (Å²) >= 11 is 1.79. The van der Waals surface area contributed by atoms with Crippen molar-refractivity contribution in [3.05, 3.63) is 0 Å². The molecule has 0 bridgehead atoms. The average molecular weight is 145 g/mol. The molecule has 0 saturated carbocycles. The van der Waals surface area contributed by atoms with Crippen LogP contribution in [0.3, 0.4) is 0 Å². The Kier molecular flexibility index (Phi) is 5.68. The molecule has 1 atom stereocenters. The zero-order chi connectivity index (χ0) is 7.11. The Morgan fingerprint density at radius 3 is 2.89 bits per heavy atom. The molecule has 0 aromatic rings. The molecule has 0 aliphatic carbocycles. The number of carbonyl (C=O) groups excluding carboxylic acids is 1. The van der Waals surface area contributed by atoms with Gasteiger partial charge in [-0.1, -0.05) is 6.92 Å². The third-order valence-electron chi connectivity index (χ3n) is 1.11. The maximum absolute atomic E-state index is 9.58. The van der Waals surface area contributed by atoms with E-state index in [2.05, 4.69) is 18.2 Å². The van der Waals surface area contributed by atoms with E-state index in [1.165, 1.54) is 6.08 Å². The van der Waals surface area contributed by atoms with Gasteiger partial charge in [-0.2, -0.15) is 11.8 Å². The van der Waals surface area contributed by atoms with Crippen molar-refractivity contribution in [2.45, 2.75) is 18.6 Å². The SMILES string of the molecule is CSC(C)CCN=C=O. The minimum absolute atomic E-state index is 0.599. The second kappa shape index (κ2) is 5.86. The number of hydrogen-bond acceptors (Lipinski definition) is 3. The summed E-state index contributed by atoms with van der Waals surface area (Å²) in [7, 11) is 0. The Bertz CT molecular complexity index is 110. The van der Waals surface area contributed by atoms with Crippen LogP contribution in [-0.4, -0.2) is 24.1 Å². The van der Waals surface area contributed by atoms with Crippen molar-refractivity contribution in [3.63, 3.8) is 0 Å². The number of rotatable bonds is 4. The van der Waals surface area contributed by atoms with Gasteiger partial charge < -0.3 is 0 Å². The van der Waals surface area contributed by atoms with Gasteiger partial charge in [-0.05, 0) is 12.7 Å². The van der Waals surface area contributed by atoms with Gasteiger partial charge in [0.25, 0.3) is 0 Å². The van der Waals surface area contributed by atoms with Crippen LogP contribution in [0.2, 0.25) is 0 Å². The fourth-order valence-electron chi connectivity index (χ4n) is 0.410. The second-order valence-electron chi connectivity index (χ2n) is 1.81. The molecule has 0 aromatic carbocycles. The van der Waals surface area contributed by atoms with E-state index in [9.17, 15) is 4.79 Å². The van der Waals surface area contributed by atoms with Gasteiger partial charge in [-0.3, -0.25) is 0 Å². The number of aliphatic imine (C=N–C) groups is 1. The Balaban J connectivity index is 3.16. The van der Waals surface area contributed by atoms with Gasteiger partial charge in [0, 0.05) is 5.25 Å². The van der Waals surface area contributed by atoms with E-state index in [1.54, 1.807) is 11.8 Å². The smallest absolute Gasteiger partial charge is 0.211 e. The van der Waals surface area contributed by atoms with Crippen molar-refractivity contribution in [1.82, 2.24) is 0 Å². The van der Waals surface area contributed by atoms with Crippen molar-refractivity contribution >= 4 is 17.8 Å². The molecule has 0 radical (unpaired) electrons. The van der Waals surface area contributed by atoms with E-state index in [0.717, 1.165) is 6.42 Å². The Hall–Kier alpha value is -0.270. The van der Waals surface area contributed by atoms with Crippen LogP contribution in [0.5, 0.6) is 0 Å². The highest BCUT2D eigenvalue weighted by Crippen LogP contribution is 2.08. The fourth-order valence-corrected chi connectivity index (χ4v) is 0.751. The summed E-state index contributed by atoms with van der Waals surface area (Å²) in [6.45, 7) is 2.73. The minimum atomic E-state index is 0.599. The summed E-state index contributed by atoms with van der Waals surface area (Å²) < 4.78 is 0. The molecule has 0 aromatic heterocycles. The molecule has 0 amide bonds. The normalized spacial score (nSPS) is 12.2. The third kappa shape index (κ3) is 5.60. The average Bonchev–Trinajstić information content (AvgIpc) is 1.89. The van der Waals surface area contributed by atoms with E-state index in [1.807, 2.05) is 0 Å². The lowest BCUT2D eigenvalue weighted by Crippen LogP contribution is -1.96. The van der Waals surface area contributed by atoms with Crippen LogP contribution < -0.4 is 0 Å². The lowest BCUT2D eigenvalue weighted by atomic mass is 10.3. The van der Waals surface area contributed by atoms with Crippen molar-refractivity contribution in [2.75, 3.05) is 12.8 Å². The van der Waals surface area contributed by atoms with E-state index in [-0.39, 0.29) is 0 Å². The summed E-state index contributed by atoms with van der Waals surface area (Å²) in [5.41, 5.74) is 0. The van der Waals surface area contributed by atoms with Crippen molar-refractivity contribution < 1.29 is 4.79 Å². The largest absolute Gasteiger partial charge is 0.234 e. The van der Waals surface area contributed by atoms with Crippen LogP contribution in [-0.2, 0) is 4.79 Å². The van der Waals surface area contributed by atoms with Crippen LogP contribution in [0.4, 0.5) is 0 Å². The quantitative estimate of drug-likeness (QED) is 0.443. The summed E-state index contributed by atoms with van der Waals surface area (Å²) in [6, 6.07) is 0. The Labute approximate surface area is 59.7 Å². The lowest BCUT2D eigenvalue weighted by Gasteiger charge is -2.02. The van der Waals surface area contributed by atoms with Gasteiger partial charge >= 0.3 is 0 Å². The first-order valence-electron chi connectivity index (χ1n) is 2.87. The number of hydrogen-bond donors (Lipinski definition) is 0. The van der Waals surface area contributed by atoms with E-state index < -0.39 is 0 Å². The standard InChI is InChI=1S/C6H11NOS/c1-6(9-2)3-4-7-5-8/h6H,3-4H2,1-2H3. The molecule has 0 aliphatic rings. The van der Waals surface area contributed by atoms with Gasteiger partial charge in [-0.15, -0.1) is 0 Å². The van der Waals surface area contributed by atoms with Gasteiger partial charge in [0.15, 0.2) is 0 Å². The molecule has 0 rings (SSSR count). The van der Waals surface area contributed by atoms with E-state index in [0.29, 0.717) is 11.8 Å². The molecule has 0 saturated heterocycles. The van der Waals surface area contributed by atoms with Crippen LogP contribution in [0, 0.1) is 0 Å². The maximum atomic E-state index is 9.58. The molecule has 0 aliphatic heterocycles. The molecule has 0 fully saturated rings. The van der Waals surface area contributed by atoms with Crippen LogP contribution in [0.1, 0.15) is 13.3 Å². The van der Waals surface area contributed by atoms with Gasteiger partial charge in [0.05, 0.1) is 6.54 Å². The monoisotopic (exact) mass is 145 g/mol. The highest BCUT2D eigenvalue weighted by Gasteiger charge is 1.95. The van der Waals surface area contributed by atoms with Gasteiger partial charge in [0.2, 0.25) is 6.08 Å². The van der Waals surface area contributed by atoms with E-state index in [4.69, 9.17) is 0 Å². The first-order chi connectivity index (χ1) is 4.31. The zero-order valence-electron chi connectivity index (χ0n) is 5.76. The molecule has 0 N–H and O–H groups in total. The van der Waals surface area contributed by atoms with Gasteiger partial charge in [0.1, 0.15) is 0 Å². The third-order valence-corrected chi connectivity index (χ3v) is 2.15. The summed E-state index contributed by atoms with van der Waals surface area (Å²) in [5, 5.41) is 0.599. The second-order valence-corrected chi connectivity index (χ2v) is 3.08. The number of nitrogens with zero attached hydrogens (tertiary/aromatic N) is 1. The predicted octanol–water partition coefficient (Wildman–Crippen LogP) is 1.46. The Morgan fingerprint density at radius 1 is 1.78 bits per heavy atom. The summed E-state index contributed by atoms with van der Waals surface area (Å²) in [4.78, 5) is 13.0. The lowest BCUT2D eigenvalue weighted by molar-refractivity contribution is 0.562. The van der Waals surface area contributed by atoms with Crippen molar-refractivity contribution in [1.29, 1.82) is 0 Å². The number of isocyanates is 1. The molecule has 3 heteroatoms. The van der Waals surface area contributed by atoms with Crippen LogP contribution in [0.15, 0.2) is 4.99 Å². The van der Waals surface area contributed by atoms with Gasteiger partial charge in [-0.25, -0.2) is 9.79 Å². The molecule has 0 heterocycles. The minimum Gasteiger partial charge on any atom is -0.211 e. The fraction of sp³-hybridized carbons (Fsp3) is 0.833. The maximum Gasteiger partial charge on any atom is 0.234 e. The first kappa shape index (κ1) is 8.73. The van der Waals surface area contributed by atoms with Crippen LogP contribution >= 0.6 is 11.8 Å². The highest BCUT2D eigenvalue weighted by molar-refractivity contribution is 7.99. The molecule has 52 valence electrons. The molecule has 2 nitrogen and oxygen atoms in total. The summed E-state index contributed by atoms with van der Waals surface area (Å²) in [6.07, 6.45) is 4.53. The van der Waals surface area contributed by atoms with Crippen LogP contribution in [0.25, 0.3) is 0 Å². The molecule has 1 unspecified atom stereocenters. The highest BCUT2D eigenvalue weighted by atomic mass is 32.2.